The van der Waals surface area contributed by atoms with E-state index in [1.807, 2.05) is 10.8 Å². The molecule has 1 aliphatic rings. The highest BCUT2D eigenvalue weighted by atomic mass is 16.3. The molecule has 1 aliphatic carbocycles. The molecule has 1 heterocycles. The fourth-order valence-corrected chi connectivity index (χ4v) is 2.57. The molecule has 1 aromatic rings. The summed E-state index contributed by atoms with van der Waals surface area (Å²) in [5.74, 6) is 0. The van der Waals surface area contributed by atoms with Gasteiger partial charge in [-0.15, -0.1) is 4.91 Å². The largest absolute Gasteiger partial charge is 0.311 e. The minimum Gasteiger partial charge on any atom is -0.311 e. The first-order valence-corrected chi connectivity index (χ1v) is 5.56. The number of imidazole rings is 1. The van der Waals surface area contributed by atoms with E-state index in [4.69, 9.17) is 0 Å². The molecule has 0 spiro atoms. The fraction of sp³-hybridized carbons (Fsp3) is 0.727. The lowest BCUT2D eigenvalue weighted by molar-refractivity contribution is 0.128. The van der Waals surface area contributed by atoms with Crippen molar-refractivity contribution in [3.05, 3.63) is 23.6 Å². The van der Waals surface area contributed by atoms with Crippen LogP contribution in [0, 0.1) is 10.3 Å². The minimum atomic E-state index is -0.291. The monoisotopic (exact) mass is 207 g/mol. The average molecular weight is 207 g/mol. The zero-order chi connectivity index (χ0) is 10.7. The van der Waals surface area contributed by atoms with Crippen LogP contribution in [0.1, 0.15) is 45.2 Å². The Hall–Kier alpha value is -1.19. The molecule has 4 heteroatoms. The molecular weight excluding hydrogens is 190 g/mol. The van der Waals surface area contributed by atoms with E-state index in [1.165, 1.54) is 19.3 Å². The van der Waals surface area contributed by atoms with Crippen molar-refractivity contribution < 1.29 is 0 Å². The minimum absolute atomic E-state index is 0.0146. The second kappa shape index (κ2) is 4.13. The summed E-state index contributed by atoms with van der Waals surface area (Å²) in [6, 6.07) is 0. The highest BCUT2D eigenvalue weighted by Gasteiger charge is 2.37. The molecule has 0 N–H and O–H groups in total. The summed E-state index contributed by atoms with van der Waals surface area (Å²) in [4.78, 5) is 15.0. The zero-order valence-corrected chi connectivity index (χ0v) is 9.09. The van der Waals surface area contributed by atoms with Crippen LogP contribution in [-0.4, -0.2) is 9.55 Å². The Bertz CT molecular complexity index is 315. The van der Waals surface area contributed by atoms with Gasteiger partial charge >= 0.3 is 0 Å². The third-order valence-corrected chi connectivity index (χ3v) is 3.53. The number of nitrogens with zero attached hydrogens (tertiary/aromatic N) is 3. The number of hydrogen-bond acceptors (Lipinski definition) is 3. The van der Waals surface area contributed by atoms with Crippen molar-refractivity contribution >= 4 is 0 Å². The maximum atomic E-state index is 11.0. The van der Waals surface area contributed by atoms with Crippen LogP contribution in [0.15, 0.2) is 23.9 Å². The maximum Gasteiger partial charge on any atom is 0.173 e. The van der Waals surface area contributed by atoms with Gasteiger partial charge < -0.3 is 4.57 Å². The average Bonchev–Trinajstić information content (AvgIpc) is 2.73. The lowest BCUT2D eigenvalue weighted by atomic mass is 9.73. The molecular formula is C11H17N3O. The van der Waals surface area contributed by atoms with E-state index in [0.717, 1.165) is 12.8 Å². The topological polar surface area (TPSA) is 47.2 Å². The van der Waals surface area contributed by atoms with Crippen LogP contribution >= 0.6 is 0 Å². The van der Waals surface area contributed by atoms with E-state index in [9.17, 15) is 4.91 Å². The van der Waals surface area contributed by atoms with Gasteiger partial charge in [0.15, 0.2) is 6.17 Å². The van der Waals surface area contributed by atoms with E-state index in [1.54, 1.807) is 12.5 Å². The van der Waals surface area contributed by atoms with Gasteiger partial charge in [-0.3, -0.25) is 0 Å². The van der Waals surface area contributed by atoms with Crippen molar-refractivity contribution in [2.75, 3.05) is 0 Å². The molecule has 82 valence electrons. The molecule has 0 aliphatic heterocycles. The Kier molecular flexibility index (Phi) is 2.84. The smallest absolute Gasteiger partial charge is 0.173 e. The highest BCUT2D eigenvalue weighted by Crippen LogP contribution is 2.45. The summed E-state index contributed by atoms with van der Waals surface area (Å²) in [5, 5.41) is 3.30. The first-order chi connectivity index (χ1) is 7.26. The van der Waals surface area contributed by atoms with Crippen molar-refractivity contribution in [1.29, 1.82) is 0 Å². The molecule has 1 aromatic heterocycles. The number of aromatic nitrogens is 2. The van der Waals surface area contributed by atoms with Gasteiger partial charge in [0, 0.05) is 17.8 Å². The molecule has 0 radical (unpaired) electrons. The molecule has 0 aromatic carbocycles. The lowest BCUT2D eigenvalue weighted by Gasteiger charge is -2.37. The Morgan fingerprint density at radius 1 is 1.40 bits per heavy atom. The molecule has 0 saturated heterocycles. The molecule has 1 atom stereocenters. The van der Waals surface area contributed by atoms with Gasteiger partial charge in [-0.2, -0.15) is 0 Å². The fourth-order valence-electron chi connectivity index (χ4n) is 2.57. The molecule has 0 amide bonds. The SMILES string of the molecule is CC1(C(N=O)n2ccnc2)CCCCC1. The molecule has 1 unspecified atom stereocenters. The van der Waals surface area contributed by atoms with Gasteiger partial charge in [-0.25, -0.2) is 4.98 Å². The van der Waals surface area contributed by atoms with E-state index < -0.39 is 0 Å². The van der Waals surface area contributed by atoms with Crippen molar-refractivity contribution in [3.63, 3.8) is 0 Å². The second-order valence-electron chi connectivity index (χ2n) is 4.70. The summed E-state index contributed by atoms with van der Waals surface area (Å²) < 4.78 is 1.83. The normalized spacial score (nSPS) is 22.2. The molecule has 4 nitrogen and oxygen atoms in total. The predicted molar refractivity (Wildman–Crippen MR) is 58.3 cm³/mol. The van der Waals surface area contributed by atoms with Crippen molar-refractivity contribution in [1.82, 2.24) is 9.55 Å². The van der Waals surface area contributed by atoms with Crippen LogP contribution in [0.2, 0.25) is 0 Å². The quantitative estimate of drug-likeness (QED) is 0.715. The van der Waals surface area contributed by atoms with E-state index >= 15 is 0 Å². The van der Waals surface area contributed by atoms with Crippen LogP contribution in [0.25, 0.3) is 0 Å². The van der Waals surface area contributed by atoms with E-state index in [-0.39, 0.29) is 11.6 Å². The molecule has 2 rings (SSSR count). The Morgan fingerprint density at radius 3 is 2.67 bits per heavy atom. The first kappa shape index (κ1) is 10.3. The standard InChI is InChI=1S/C11H17N3O/c1-11(5-3-2-4-6-11)10(13-15)14-8-7-12-9-14/h7-10H,2-6H2,1H3. The van der Waals surface area contributed by atoms with Gasteiger partial charge in [0.25, 0.3) is 0 Å². The van der Waals surface area contributed by atoms with E-state index in [2.05, 4.69) is 17.1 Å². The first-order valence-electron chi connectivity index (χ1n) is 5.56. The van der Waals surface area contributed by atoms with Gasteiger partial charge in [0.2, 0.25) is 0 Å². The summed E-state index contributed by atoms with van der Waals surface area (Å²) >= 11 is 0. The third-order valence-electron chi connectivity index (χ3n) is 3.53. The number of rotatable bonds is 3. The number of hydrogen-bond donors (Lipinski definition) is 0. The zero-order valence-electron chi connectivity index (χ0n) is 9.09. The molecule has 0 bridgehead atoms. The van der Waals surface area contributed by atoms with E-state index in [0.29, 0.717) is 0 Å². The van der Waals surface area contributed by atoms with Gasteiger partial charge in [0.1, 0.15) is 0 Å². The highest BCUT2D eigenvalue weighted by molar-refractivity contribution is 4.91. The second-order valence-corrected chi connectivity index (χ2v) is 4.70. The predicted octanol–water partition coefficient (Wildman–Crippen LogP) is 3.12. The molecule has 1 saturated carbocycles. The van der Waals surface area contributed by atoms with Crippen molar-refractivity contribution in [2.45, 2.75) is 45.2 Å². The summed E-state index contributed by atoms with van der Waals surface area (Å²) in [6.45, 7) is 2.16. The lowest BCUT2D eigenvalue weighted by Crippen LogP contribution is -2.30. The van der Waals surface area contributed by atoms with Crippen LogP contribution in [0.4, 0.5) is 0 Å². The maximum absolute atomic E-state index is 11.0. The van der Waals surface area contributed by atoms with Crippen LogP contribution in [0.5, 0.6) is 0 Å². The van der Waals surface area contributed by atoms with Gasteiger partial charge in [-0.05, 0) is 18.0 Å². The van der Waals surface area contributed by atoms with Crippen LogP contribution in [-0.2, 0) is 0 Å². The van der Waals surface area contributed by atoms with Crippen LogP contribution < -0.4 is 0 Å². The van der Waals surface area contributed by atoms with Crippen molar-refractivity contribution in [2.24, 2.45) is 10.6 Å². The Labute approximate surface area is 89.7 Å². The van der Waals surface area contributed by atoms with Gasteiger partial charge in [0.05, 0.1) is 6.33 Å². The molecule has 15 heavy (non-hydrogen) atoms. The third kappa shape index (κ3) is 1.94. The summed E-state index contributed by atoms with van der Waals surface area (Å²) in [7, 11) is 0. The summed E-state index contributed by atoms with van der Waals surface area (Å²) in [6.07, 6.45) is 10.8. The Balaban J connectivity index is 2.21. The van der Waals surface area contributed by atoms with Crippen LogP contribution in [0.3, 0.4) is 0 Å². The summed E-state index contributed by atoms with van der Waals surface area (Å²) in [5.41, 5.74) is 0.0146. The van der Waals surface area contributed by atoms with Crippen molar-refractivity contribution in [3.8, 4) is 0 Å². The number of nitroso groups, excluding NO2 is 1. The molecule has 1 fully saturated rings. The van der Waals surface area contributed by atoms with Gasteiger partial charge in [-0.1, -0.05) is 26.2 Å². The Morgan fingerprint density at radius 2 is 2.13 bits per heavy atom.